The lowest BCUT2D eigenvalue weighted by Crippen LogP contribution is -2.33. The van der Waals surface area contributed by atoms with E-state index in [9.17, 15) is 0 Å². The van der Waals surface area contributed by atoms with Crippen LogP contribution in [0.2, 0.25) is 10.0 Å². The zero-order valence-corrected chi connectivity index (χ0v) is 12.4. The van der Waals surface area contributed by atoms with Crippen LogP contribution in [0, 0.1) is 0 Å². The highest BCUT2D eigenvalue weighted by Crippen LogP contribution is 2.40. The topological polar surface area (TPSA) is 43.8 Å². The Hall–Kier alpha value is -0.930. The van der Waals surface area contributed by atoms with Gasteiger partial charge < -0.3 is 10.3 Å². The molecule has 1 aromatic heterocycles. The van der Waals surface area contributed by atoms with Gasteiger partial charge in [0.15, 0.2) is 0 Å². The Morgan fingerprint density at radius 3 is 2.47 bits per heavy atom. The van der Waals surface area contributed by atoms with Crippen LogP contribution < -0.4 is 5.73 Å². The Balaban J connectivity index is 2.22. The first-order chi connectivity index (χ1) is 9.01. The van der Waals surface area contributed by atoms with Crippen LogP contribution >= 0.6 is 23.2 Å². The number of imidazole rings is 1. The van der Waals surface area contributed by atoms with Gasteiger partial charge in [-0.3, -0.25) is 0 Å². The molecule has 102 valence electrons. The van der Waals surface area contributed by atoms with Crippen LogP contribution in [0.4, 0.5) is 5.95 Å². The van der Waals surface area contributed by atoms with Gasteiger partial charge in [0.2, 0.25) is 5.95 Å². The van der Waals surface area contributed by atoms with Gasteiger partial charge in [0.25, 0.3) is 0 Å². The van der Waals surface area contributed by atoms with Crippen molar-refractivity contribution in [2.24, 2.45) is 0 Å². The van der Waals surface area contributed by atoms with Crippen molar-refractivity contribution in [1.82, 2.24) is 9.55 Å². The zero-order chi connectivity index (χ0) is 13.6. The van der Waals surface area contributed by atoms with Crippen LogP contribution in [-0.2, 0) is 5.54 Å². The lowest BCUT2D eigenvalue weighted by Gasteiger charge is -2.36. The lowest BCUT2D eigenvalue weighted by molar-refractivity contribution is 0.228. The average Bonchev–Trinajstić information content (AvgIpc) is 2.67. The third kappa shape index (κ3) is 2.09. The van der Waals surface area contributed by atoms with Gasteiger partial charge in [-0.2, -0.15) is 0 Å². The van der Waals surface area contributed by atoms with Crippen molar-refractivity contribution in [2.75, 3.05) is 5.73 Å². The molecule has 1 aromatic carbocycles. The van der Waals surface area contributed by atoms with Gasteiger partial charge in [-0.15, -0.1) is 0 Å². The fraction of sp³-hybridized carbons (Fsp3) is 0.500. The van der Waals surface area contributed by atoms with Crippen LogP contribution in [-0.4, -0.2) is 9.55 Å². The van der Waals surface area contributed by atoms with Gasteiger partial charge >= 0.3 is 0 Å². The van der Waals surface area contributed by atoms with E-state index >= 15 is 0 Å². The van der Waals surface area contributed by atoms with E-state index in [4.69, 9.17) is 28.9 Å². The van der Waals surface area contributed by atoms with Crippen molar-refractivity contribution in [3.05, 3.63) is 22.2 Å². The molecule has 3 nitrogen and oxygen atoms in total. The first-order valence-electron chi connectivity index (χ1n) is 6.65. The normalized spacial score (nSPS) is 18.9. The maximum Gasteiger partial charge on any atom is 0.201 e. The van der Waals surface area contributed by atoms with Gasteiger partial charge in [-0.1, -0.05) is 42.5 Å². The number of nitrogen functional groups attached to an aromatic ring is 1. The molecular weight excluding hydrogens is 281 g/mol. The fourth-order valence-electron chi connectivity index (χ4n) is 3.20. The van der Waals surface area contributed by atoms with Crippen molar-refractivity contribution < 1.29 is 0 Å². The Morgan fingerprint density at radius 1 is 1.16 bits per heavy atom. The predicted octanol–water partition coefficient (Wildman–Crippen LogP) is 4.60. The van der Waals surface area contributed by atoms with Crippen LogP contribution in [0.1, 0.15) is 39.0 Å². The van der Waals surface area contributed by atoms with E-state index in [0.29, 0.717) is 16.0 Å². The monoisotopic (exact) mass is 297 g/mol. The van der Waals surface area contributed by atoms with Gasteiger partial charge in [0.1, 0.15) is 0 Å². The van der Waals surface area contributed by atoms with Crippen molar-refractivity contribution in [3.63, 3.8) is 0 Å². The molecule has 5 heteroatoms. The van der Waals surface area contributed by atoms with E-state index in [1.807, 2.05) is 6.07 Å². The highest BCUT2D eigenvalue weighted by molar-refractivity contribution is 6.42. The number of rotatable bonds is 1. The maximum absolute atomic E-state index is 6.14. The summed E-state index contributed by atoms with van der Waals surface area (Å²) in [5, 5.41) is 1.07. The van der Waals surface area contributed by atoms with E-state index < -0.39 is 0 Å². The molecule has 0 radical (unpaired) electrons. The van der Waals surface area contributed by atoms with Crippen LogP contribution in [0.25, 0.3) is 11.0 Å². The van der Waals surface area contributed by atoms with E-state index in [1.54, 1.807) is 6.07 Å². The number of nitrogens with zero attached hydrogens (tertiary/aromatic N) is 2. The summed E-state index contributed by atoms with van der Waals surface area (Å²) in [5.74, 6) is 0.553. The minimum Gasteiger partial charge on any atom is -0.369 e. The summed E-state index contributed by atoms with van der Waals surface area (Å²) in [6.45, 7) is 2.26. The van der Waals surface area contributed by atoms with Crippen molar-refractivity contribution >= 4 is 40.2 Å². The highest BCUT2D eigenvalue weighted by atomic mass is 35.5. The smallest absolute Gasteiger partial charge is 0.201 e. The number of hydrogen-bond donors (Lipinski definition) is 1. The third-order valence-electron chi connectivity index (χ3n) is 4.19. The molecule has 0 saturated heterocycles. The molecule has 0 aliphatic heterocycles. The molecule has 2 aromatic rings. The standard InChI is InChI=1S/C14H17Cl2N3/c1-14(5-3-2-4-6-14)19-12-8-10(16)9(15)7-11(12)18-13(19)17/h7-8H,2-6H2,1H3,(H2,17,18). The Labute approximate surface area is 122 Å². The Morgan fingerprint density at radius 2 is 1.79 bits per heavy atom. The van der Waals surface area contributed by atoms with Crippen LogP contribution in [0.15, 0.2) is 12.1 Å². The first-order valence-corrected chi connectivity index (χ1v) is 7.40. The van der Waals surface area contributed by atoms with Crippen molar-refractivity contribution in [2.45, 2.75) is 44.6 Å². The molecule has 1 heterocycles. The molecule has 1 aliphatic rings. The summed E-state index contributed by atoms with van der Waals surface area (Å²) in [7, 11) is 0. The SMILES string of the molecule is CC1(n2c(N)nc3cc(Cl)c(Cl)cc32)CCCCC1. The van der Waals surface area contributed by atoms with Crippen LogP contribution in [0.3, 0.4) is 0 Å². The molecule has 1 fully saturated rings. The highest BCUT2D eigenvalue weighted by Gasteiger charge is 2.32. The summed E-state index contributed by atoms with van der Waals surface area (Å²) in [6.07, 6.45) is 6.02. The van der Waals surface area contributed by atoms with E-state index in [0.717, 1.165) is 23.9 Å². The minimum atomic E-state index is 0.0360. The molecule has 2 N–H and O–H groups in total. The van der Waals surface area contributed by atoms with Crippen molar-refractivity contribution in [1.29, 1.82) is 0 Å². The summed E-state index contributed by atoms with van der Waals surface area (Å²) >= 11 is 12.2. The predicted molar refractivity (Wildman–Crippen MR) is 80.9 cm³/mol. The Bertz CT molecular complexity index is 627. The molecule has 0 spiro atoms. The minimum absolute atomic E-state index is 0.0360. The number of fused-ring (bicyclic) bond motifs is 1. The van der Waals surface area contributed by atoms with Gasteiger partial charge in [-0.25, -0.2) is 4.98 Å². The molecule has 1 aliphatic carbocycles. The van der Waals surface area contributed by atoms with E-state index in [1.165, 1.54) is 19.3 Å². The quantitative estimate of drug-likeness (QED) is 0.835. The van der Waals surface area contributed by atoms with E-state index in [-0.39, 0.29) is 5.54 Å². The molecule has 19 heavy (non-hydrogen) atoms. The number of aromatic nitrogens is 2. The number of hydrogen-bond acceptors (Lipinski definition) is 2. The largest absolute Gasteiger partial charge is 0.369 e. The number of benzene rings is 1. The Kier molecular flexibility index (Phi) is 3.14. The van der Waals surface area contributed by atoms with Crippen molar-refractivity contribution in [3.8, 4) is 0 Å². The van der Waals surface area contributed by atoms with Gasteiger partial charge in [-0.05, 0) is 31.9 Å². The molecule has 0 atom stereocenters. The number of anilines is 1. The second-order valence-corrected chi connectivity index (χ2v) is 6.43. The molecule has 0 bridgehead atoms. The number of halogens is 2. The molecule has 1 saturated carbocycles. The lowest BCUT2D eigenvalue weighted by atomic mass is 9.83. The maximum atomic E-state index is 6.14. The van der Waals surface area contributed by atoms with Crippen LogP contribution in [0.5, 0.6) is 0 Å². The molecule has 3 rings (SSSR count). The summed E-state index contributed by atoms with van der Waals surface area (Å²) in [6, 6.07) is 3.67. The molecule has 0 amide bonds. The fourth-order valence-corrected chi connectivity index (χ4v) is 3.51. The molecule has 0 unspecified atom stereocenters. The molecular formula is C14H17Cl2N3. The average molecular weight is 298 g/mol. The van der Waals surface area contributed by atoms with E-state index in [2.05, 4.69) is 16.5 Å². The zero-order valence-electron chi connectivity index (χ0n) is 10.9. The van der Waals surface area contributed by atoms with Gasteiger partial charge in [0, 0.05) is 5.54 Å². The summed E-state index contributed by atoms with van der Waals surface area (Å²) < 4.78 is 2.14. The second-order valence-electron chi connectivity index (χ2n) is 5.62. The number of nitrogens with two attached hydrogens (primary N) is 1. The first kappa shape index (κ1) is 13.1. The third-order valence-corrected chi connectivity index (χ3v) is 4.92. The second kappa shape index (κ2) is 4.57. The van der Waals surface area contributed by atoms with Gasteiger partial charge in [0.05, 0.1) is 21.1 Å². The summed E-state index contributed by atoms with van der Waals surface area (Å²) in [5.41, 5.74) is 7.97. The summed E-state index contributed by atoms with van der Waals surface area (Å²) in [4.78, 5) is 4.43.